The van der Waals surface area contributed by atoms with E-state index in [0.717, 1.165) is 19.3 Å². The molecule has 4 heteroatoms. The van der Waals surface area contributed by atoms with Crippen molar-refractivity contribution in [2.24, 2.45) is 5.92 Å². The van der Waals surface area contributed by atoms with Gasteiger partial charge in [-0.25, -0.2) is 0 Å². The standard InChI is InChI=1S/C11H17NO3/c1-8(13)12-6-3-9(10(14)15)7-11(12)4-2-5-11/h9H,2-7H2,1H3,(H,14,15). The molecule has 0 aromatic heterocycles. The van der Waals surface area contributed by atoms with Gasteiger partial charge in [-0.2, -0.15) is 0 Å². The number of hydrogen-bond donors (Lipinski definition) is 1. The third-order valence-corrected chi connectivity index (χ3v) is 3.91. The van der Waals surface area contributed by atoms with Crippen molar-refractivity contribution in [3.63, 3.8) is 0 Å². The highest BCUT2D eigenvalue weighted by atomic mass is 16.4. The Hall–Kier alpha value is -1.06. The minimum Gasteiger partial charge on any atom is -0.481 e. The number of carboxylic acid groups (broad SMARTS) is 1. The van der Waals surface area contributed by atoms with Crippen LogP contribution in [0, 0.1) is 5.92 Å². The van der Waals surface area contributed by atoms with E-state index in [9.17, 15) is 9.59 Å². The number of amides is 1. The zero-order chi connectivity index (χ0) is 11.1. The van der Waals surface area contributed by atoms with E-state index in [2.05, 4.69) is 0 Å². The zero-order valence-electron chi connectivity index (χ0n) is 9.03. The Bertz CT molecular complexity index is 296. The molecule has 0 aromatic rings. The lowest BCUT2D eigenvalue weighted by Crippen LogP contribution is -2.60. The van der Waals surface area contributed by atoms with Crippen molar-refractivity contribution < 1.29 is 14.7 Å². The molecule has 1 saturated heterocycles. The van der Waals surface area contributed by atoms with E-state index in [0.29, 0.717) is 19.4 Å². The van der Waals surface area contributed by atoms with E-state index in [-0.39, 0.29) is 17.4 Å². The molecule has 1 aliphatic heterocycles. The first kappa shape index (κ1) is 10.5. The summed E-state index contributed by atoms with van der Waals surface area (Å²) in [7, 11) is 0. The van der Waals surface area contributed by atoms with Crippen LogP contribution >= 0.6 is 0 Å². The van der Waals surface area contributed by atoms with Crippen molar-refractivity contribution in [3.8, 4) is 0 Å². The quantitative estimate of drug-likeness (QED) is 0.710. The highest BCUT2D eigenvalue weighted by Gasteiger charge is 2.49. The number of carbonyl (C=O) groups excluding carboxylic acids is 1. The molecule has 84 valence electrons. The molecule has 0 aromatic carbocycles. The van der Waals surface area contributed by atoms with Crippen molar-refractivity contribution in [1.82, 2.24) is 4.90 Å². The van der Waals surface area contributed by atoms with Crippen molar-refractivity contribution in [2.45, 2.75) is 44.6 Å². The molecule has 2 rings (SSSR count). The van der Waals surface area contributed by atoms with Crippen LogP contribution in [-0.4, -0.2) is 34.0 Å². The Labute approximate surface area is 89.3 Å². The number of nitrogens with zero attached hydrogens (tertiary/aromatic N) is 1. The predicted octanol–water partition coefficient (Wildman–Crippen LogP) is 1.25. The van der Waals surface area contributed by atoms with Crippen LogP contribution in [0.15, 0.2) is 0 Å². The van der Waals surface area contributed by atoms with E-state index in [1.807, 2.05) is 4.90 Å². The lowest BCUT2D eigenvalue weighted by atomic mass is 9.67. The van der Waals surface area contributed by atoms with Gasteiger partial charge in [0.1, 0.15) is 0 Å². The van der Waals surface area contributed by atoms with Crippen molar-refractivity contribution in [1.29, 1.82) is 0 Å². The Morgan fingerprint density at radius 2 is 2.07 bits per heavy atom. The molecule has 4 nitrogen and oxygen atoms in total. The fraction of sp³-hybridized carbons (Fsp3) is 0.818. The average molecular weight is 211 g/mol. The van der Waals surface area contributed by atoms with Crippen molar-refractivity contribution in [3.05, 3.63) is 0 Å². The number of aliphatic carboxylic acids is 1. The largest absolute Gasteiger partial charge is 0.481 e. The summed E-state index contributed by atoms with van der Waals surface area (Å²) in [5.41, 5.74) is -0.104. The molecule has 1 saturated carbocycles. The summed E-state index contributed by atoms with van der Waals surface area (Å²) in [5, 5.41) is 9.01. The number of rotatable bonds is 1. The van der Waals surface area contributed by atoms with Gasteiger partial charge in [0.2, 0.25) is 5.91 Å². The molecule has 1 spiro atoms. The lowest BCUT2D eigenvalue weighted by molar-refractivity contribution is -0.155. The van der Waals surface area contributed by atoms with Gasteiger partial charge < -0.3 is 10.0 Å². The van der Waals surface area contributed by atoms with Crippen LogP contribution in [0.3, 0.4) is 0 Å². The van der Waals surface area contributed by atoms with E-state index in [1.54, 1.807) is 6.92 Å². The Balaban J connectivity index is 2.13. The van der Waals surface area contributed by atoms with Gasteiger partial charge in [-0.05, 0) is 32.1 Å². The van der Waals surface area contributed by atoms with Crippen LogP contribution in [0.2, 0.25) is 0 Å². The second-order valence-corrected chi connectivity index (χ2v) is 4.78. The normalized spacial score (nSPS) is 28.6. The number of piperidine rings is 1. The molecule has 2 aliphatic rings. The lowest BCUT2D eigenvalue weighted by Gasteiger charge is -2.54. The van der Waals surface area contributed by atoms with Gasteiger partial charge >= 0.3 is 5.97 Å². The molecule has 1 heterocycles. The van der Waals surface area contributed by atoms with E-state index < -0.39 is 5.97 Å². The molecule has 15 heavy (non-hydrogen) atoms. The summed E-state index contributed by atoms with van der Waals surface area (Å²) in [6.07, 6.45) is 4.35. The fourth-order valence-corrected chi connectivity index (χ4v) is 2.95. The summed E-state index contributed by atoms with van der Waals surface area (Å²) < 4.78 is 0. The first-order chi connectivity index (χ1) is 7.05. The summed E-state index contributed by atoms with van der Waals surface area (Å²) >= 11 is 0. The third-order valence-electron chi connectivity index (χ3n) is 3.91. The average Bonchev–Trinajstić information content (AvgIpc) is 2.14. The first-order valence-corrected chi connectivity index (χ1v) is 5.56. The second-order valence-electron chi connectivity index (χ2n) is 4.78. The molecular weight excluding hydrogens is 194 g/mol. The summed E-state index contributed by atoms with van der Waals surface area (Å²) in [6, 6.07) is 0. The zero-order valence-corrected chi connectivity index (χ0v) is 9.03. The molecule has 0 bridgehead atoms. The van der Waals surface area contributed by atoms with Gasteiger partial charge in [0.25, 0.3) is 0 Å². The molecule has 0 radical (unpaired) electrons. The molecule has 1 aliphatic carbocycles. The smallest absolute Gasteiger partial charge is 0.306 e. The number of carbonyl (C=O) groups is 2. The highest BCUT2D eigenvalue weighted by Crippen LogP contribution is 2.46. The van der Waals surface area contributed by atoms with Gasteiger partial charge in [0, 0.05) is 19.0 Å². The summed E-state index contributed by atoms with van der Waals surface area (Å²) in [5.74, 6) is -0.857. The Kier molecular flexibility index (Phi) is 2.44. The van der Waals surface area contributed by atoms with E-state index in [4.69, 9.17) is 5.11 Å². The topological polar surface area (TPSA) is 57.6 Å². The van der Waals surface area contributed by atoms with Crippen LogP contribution in [-0.2, 0) is 9.59 Å². The van der Waals surface area contributed by atoms with Crippen LogP contribution in [0.1, 0.15) is 39.0 Å². The summed E-state index contributed by atoms with van der Waals surface area (Å²) in [4.78, 5) is 24.3. The SMILES string of the molecule is CC(=O)N1CCC(C(=O)O)CC12CCC2. The van der Waals surface area contributed by atoms with Crippen LogP contribution in [0.25, 0.3) is 0 Å². The molecule has 1 unspecified atom stereocenters. The van der Waals surface area contributed by atoms with Crippen LogP contribution in [0.5, 0.6) is 0 Å². The maximum absolute atomic E-state index is 11.5. The van der Waals surface area contributed by atoms with E-state index >= 15 is 0 Å². The fourth-order valence-electron chi connectivity index (χ4n) is 2.95. The minimum atomic E-state index is -0.704. The maximum Gasteiger partial charge on any atom is 0.306 e. The summed E-state index contributed by atoms with van der Waals surface area (Å²) in [6.45, 7) is 2.20. The molecule has 1 N–H and O–H groups in total. The van der Waals surface area contributed by atoms with Gasteiger partial charge in [0.15, 0.2) is 0 Å². The molecule has 2 fully saturated rings. The number of likely N-dealkylation sites (tertiary alicyclic amines) is 1. The first-order valence-electron chi connectivity index (χ1n) is 5.56. The predicted molar refractivity (Wildman–Crippen MR) is 54.3 cm³/mol. The van der Waals surface area contributed by atoms with E-state index in [1.165, 1.54) is 0 Å². The molecule has 1 atom stereocenters. The monoisotopic (exact) mass is 211 g/mol. The molecule has 1 amide bonds. The third kappa shape index (κ3) is 1.62. The van der Waals surface area contributed by atoms with Crippen molar-refractivity contribution >= 4 is 11.9 Å². The maximum atomic E-state index is 11.5. The van der Waals surface area contributed by atoms with Crippen LogP contribution in [0.4, 0.5) is 0 Å². The minimum absolute atomic E-state index is 0.0959. The van der Waals surface area contributed by atoms with Crippen LogP contribution < -0.4 is 0 Å². The number of carboxylic acids is 1. The van der Waals surface area contributed by atoms with Gasteiger partial charge in [0.05, 0.1) is 5.92 Å². The number of hydrogen-bond acceptors (Lipinski definition) is 2. The van der Waals surface area contributed by atoms with Gasteiger partial charge in [-0.15, -0.1) is 0 Å². The van der Waals surface area contributed by atoms with Gasteiger partial charge in [-0.3, -0.25) is 9.59 Å². The Morgan fingerprint density at radius 1 is 1.40 bits per heavy atom. The Morgan fingerprint density at radius 3 is 2.47 bits per heavy atom. The second kappa shape index (κ2) is 3.51. The van der Waals surface area contributed by atoms with Crippen molar-refractivity contribution in [2.75, 3.05) is 6.54 Å². The molecular formula is C11H17NO3. The highest BCUT2D eigenvalue weighted by molar-refractivity contribution is 5.76. The van der Waals surface area contributed by atoms with Gasteiger partial charge in [-0.1, -0.05) is 0 Å².